The number of ether oxygens (including phenoxy) is 2. The number of carboxylic acid groups (broad SMARTS) is 1. The molecule has 0 aliphatic carbocycles. The Hall–Kier alpha value is -2.95. The second-order valence-corrected chi connectivity index (χ2v) is 5.16. The molecule has 0 saturated carbocycles. The minimum absolute atomic E-state index is 0.176. The van der Waals surface area contributed by atoms with E-state index >= 15 is 0 Å². The van der Waals surface area contributed by atoms with Gasteiger partial charge in [0.15, 0.2) is 0 Å². The molecule has 0 atom stereocenters. The van der Waals surface area contributed by atoms with Gasteiger partial charge in [-0.1, -0.05) is 0 Å². The molecule has 5 nitrogen and oxygen atoms in total. The Morgan fingerprint density at radius 2 is 1.61 bits per heavy atom. The van der Waals surface area contributed by atoms with Gasteiger partial charge in [-0.05, 0) is 49.4 Å². The van der Waals surface area contributed by atoms with Crippen molar-refractivity contribution in [1.82, 2.24) is 4.57 Å². The van der Waals surface area contributed by atoms with E-state index < -0.39 is 5.97 Å². The van der Waals surface area contributed by atoms with Crippen LogP contribution in [0.4, 0.5) is 0 Å². The lowest BCUT2D eigenvalue weighted by atomic mass is 10.1. The predicted octanol–water partition coefficient (Wildman–Crippen LogP) is 2.32. The summed E-state index contributed by atoms with van der Waals surface area (Å²) in [5.41, 5.74) is 2.42. The van der Waals surface area contributed by atoms with E-state index in [0.717, 1.165) is 17.0 Å². The van der Waals surface area contributed by atoms with Crippen molar-refractivity contribution in [2.24, 2.45) is 0 Å². The predicted molar refractivity (Wildman–Crippen MR) is 85.4 cm³/mol. The van der Waals surface area contributed by atoms with Gasteiger partial charge in [-0.3, -0.25) is 0 Å². The highest BCUT2D eigenvalue weighted by molar-refractivity contribution is 6.05. The lowest BCUT2D eigenvalue weighted by molar-refractivity contribution is -0.254. The molecule has 0 aliphatic heterocycles. The largest absolute Gasteiger partial charge is 0.545 e. The van der Waals surface area contributed by atoms with Crippen LogP contribution in [-0.4, -0.2) is 24.8 Å². The molecule has 0 amide bonds. The molecule has 3 rings (SSSR count). The fourth-order valence-corrected chi connectivity index (χ4v) is 2.85. The normalized spacial score (nSPS) is 10.7. The van der Waals surface area contributed by atoms with Crippen molar-refractivity contribution in [3.05, 3.63) is 53.7 Å². The van der Waals surface area contributed by atoms with Gasteiger partial charge in [-0.25, -0.2) is 0 Å². The first-order chi connectivity index (χ1) is 11.1. The maximum Gasteiger partial charge on any atom is 0.119 e. The Morgan fingerprint density at radius 1 is 1.00 bits per heavy atom. The zero-order valence-electron chi connectivity index (χ0n) is 13.1. The van der Waals surface area contributed by atoms with Gasteiger partial charge in [0, 0.05) is 22.3 Å². The van der Waals surface area contributed by atoms with Crippen molar-refractivity contribution in [1.29, 1.82) is 0 Å². The van der Waals surface area contributed by atoms with Crippen LogP contribution in [0.1, 0.15) is 16.1 Å². The summed E-state index contributed by atoms with van der Waals surface area (Å²) >= 11 is 0. The number of hydrogen-bond acceptors (Lipinski definition) is 4. The third-order valence-corrected chi connectivity index (χ3v) is 3.95. The topological polar surface area (TPSA) is 63.5 Å². The Bertz CT molecular complexity index is 878. The lowest BCUT2D eigenvalue weighted by Crippen LogP contribution is -2.23. The summed E-state index contributed by atoms with van der Waals surface area (Å²) in [6, 6.07) is 12.8. The molecule has 2 aromatic carbocycles. The first kappa shape index (κ1) is 15.0. The maximum atomic E-state index is 11.6. The Morgan fingerprint density at radius 3 is 2.17 bits per heavy atom. The minimum Gasteiger partial charge on any atom is -0.545 e. The van der Waals surface area contributed by atoms with E-state index in [1.165, 1.54) is 0 Å². The Balaban J connectivity index is 2.31. The van der Waals surface area contributed by atoms with Crippen LogP contribution in [0.15, 0.2) is 42.5 Å². The zero-order chi connectivity index (χ0) is 16.6. The number of methoxy groups -OCH3 is 2. The van der Waals surface area contributed by atoms with E-state index in [0.29, 0.717) is 16.8 Å². The first-order valence-corrected chi connectivity index (χ1v) is 7.11. The van der Waals surface area contributed by atoms with E-state index in [-0.39, 0.29) is 5.56 Å². The molecule has 0 fully saturated rings. The van der Waals surface area contributed by atoms with Crippen LogP contribution >= 0.6 is 0 Å². The summed E-state index contributed by atoms with van der Waals surface area (Å²) in [5, 5.41) is 12.2. The highest BCUT2D eigenvalue weighted by atomic mass is 16.5. The number of fused-ring (bicyclic) bond motifs is 1. The average Bonchev–Trinajstić information content (AvgIpc) is 2.85. The Labute approximate surface area is 133 Å². The van der Waals surface area contributed by atoms with E-state index in [1.54, 1.807) is 33.3 Å². The Kier molecular flexibility index (Phi) is 3.70. The highest BCUT2D eigenvalue weighted by Crippen LogP contribution is 2.32. The number of aromatic carboxylic acids is 1. The van der Waals surface area contributed by atoms with E-state index in [9.17, 15) is 9.90 Å². The molecular weight excluding hydrogens is 294 g/mol. The second-order valence-electron chi connectivity index (χ2n) is 5.16. The molecular formula is C18H16NO4-. The molecule has 5 heteroatoms. The third-order valence-electron chi connectivity index (χ3n) is 3.95. The van der Waals surface area contributed by atoms with Gasteiger partial charge in [-0.2, -0.15) is 0 Å². The first-order valence-electron chi connectivity index (χ1n) is 7.11. The maximum absolute atomic E-state index is 11.6. The molecule has 0 bridgehead atoms. The summed E-state index contributed by atoms with van der Waals surface area (Å²) in [4.78, 5) is 11.6. The molecule has 118 valence electrons. The summed E-state index contributed by atoms with van der Waals surface area (Å²) in [7, 11) is 3.15. The molecule has 1 aromatic heterocycles. The number of benzene rings is 2. The summed E-state index contributed by atoms with van der Waals surface area (Å²) in [5.74, 6) is 0.143. The van der Waals surface area contributed by atoms with Gasteiger partial charge >= 0.3 is 0 Å². The van der Waals surface area contributed by atoms with Gasteiger partial charge in [-0.15, -0.1) is 0 Å². The van der Waals surface area contributed by atoms with Gasteiger partial charge in [0.25, 0.3) is 0 Å². The van der Waals surface area contributed by atoms with E-state index in [2.05, 4.69) is 0 Å². The molecule has 3 aromatic rings. The van der Waals surface area contributed by atoms with Crippen LogP contribution in [0.3, 0.4) is 0 Å². The van der Waals surface area contributed by atoms with Crippen molar-refractivity contribution < 1.29 is 19.4 Å². The number of aromatic nitrogens is 1. The molecule has 0 saturated heterocycles. The molecule has 0 N–H and O–H groups in total. The van der Waals surface area contributed by atoms with Crippen molar-refractivity contribution in [2.45, 2.75) is 6.92 Å². The van der Waals surface area contributed by atoms with Crippen LogP contribution in [0.25, 0.3) is 16.6 Å². The summed E-state index contributed by atoms with van der Waals surface area (Å²) in [6.45, 7) is 1.77. The summed E-state index contributed by atoms with van der Waals surface area (Å²) < 4.78 is 12.3. The fourth-order valence-electron chi connectivity index (χ4n) is 2.85. The number of nitrogens with zero attached hydrogens (tertiary/aromatic N) is 1. The number of hydrogen-bond donors (Lipinski definition) is 0. The average molecular weight is 310 g/mol. The second kappa shape index (κ2) is 5.68. The number of carbonyl (C=O) groups excluding carboxylic acids is 1. The number of carboxylic acids is 1. The van der Waals surface area contributed by atoms with Crippen LogP contribution in [0.5, 0.6) is 11.5 Å². The van der Waals surface area contributed by atoms with Crippen LogP contribution in [0.2, 0.25) is 0 Å². The molecule has 1 heterocycles. The lowest BCUT2D eigenvalue weighted by Gasteiger charge is -2.10. The van der Waals surface area contributed by atoms with Gasteiger partial charge in [0.1, 0.15) is 11.5 Å². The van der Waals surface area contributed by atoms with Crippen molar-refractivity contribution >= 4 is 16.9 Å². The summed E-state index contributed by atoms with van der Waals surface area (Å²) in [6.07, 6.45) is 0. The standard InChI is InChI=1S/C18H17NO4/c1-11-17(18(20)21)15-10-14(23-3)8-9-16(15)19(11)12-4-6-13(22-2)7-5-12/h4-10H,1-3H3,(H,20,21)/p-1. The molecule has 0 spiro atoms. The smallest absolute Gasteiger partial charge is 0.119 e. The van der Waals surface area contributed by atoms with Crippen molar-refractivity contribution in [3.8, 4) is 17.2 Å². The van der Waals surface area contributed by atoms with Crippen LogP contribution in [0, 0.1) is 6.92 Å². The van der Waals surface area contributed by atoms with Gasteiger partial charge in [0.05, 0.1) is 25.7 Å². The van der Waals surface area contributed by atoms with Crippen molar-refractivity contribution in [3.63, 3.8) is 0 Å². The quantitative estimate of drug-likeness (QED) is 0.742. The molecule has 0 radical (unpaired) electrons. The fraction of sp³-hybridized carbons (Fsp3) is 0.167. The van der Waals surface area contributed by atoms with Gasteiger partial charge < -0.3 is 23.9 Å². The highest BCUT2D eigenvalue weighted by Gasteiger charge is 2.16. The third kappa shape index (κ3) is 2.40. The monoisotopic (exact) mass is 310 g/mol. The SMILES string of the molecule is COc1ccc(-n2c(C)c(C(=O)[O-])c3cc(OC)ccc32)cc1. The van der Waals surface area contributed by atoms with E-state index in [4.69, 9.17) is 9.47 Å². The van der Waals surface area contributed by atoms with Crippen LogP contribution in [-0.2, 0) is 0 Å². The van der Waals surface area contributed by atoms with Gasteiger partial charge in [0.2, 0.25) is 0 Å². The van der Waals surface area contributed by atoms with Crippen molar-refractivity contribution in [2.75, 3.05) is 14.2 Å². The minimum atomic E-state index is -1.20. The van der Waals surface area contributed by atoms with Crippen LogP contribution < -0.4 is 14.6 Å². The molecule has 0 aliphatic rings. The number of carbonyl (C=O) groups is 1. The number of rotatable bonds is 4. The molecule has 23 heavy (non-hydrogen) atoms. The zero-order valence-corrected chi connectivity index (χ0v) is 13.1. The van der Waals surface area contributed by atoms with E-state index in [1.807, 2.05) is 34.9 Å². The molecule has 0 unspecified atom stereocenters.